The van der Waals surface area contributed by atoms with Crippen LogP contribution in [0.15, 0.2) is 61.1 Å². The summed E-state index contributed by atoms with van der Waals surface area (Å²) in [5, 5.41) is 11.9. The maximum absolute atomic E-state index is 14.4. The number of halogens is 3. The minimum absolute atomic E-state index is 0.00189. The number of nitrogens with zero attached hydrogens (tertiary/aromatic N) is 6. The van der Waals surface area contributed by atoms with Gasteiger partial charge in [-0.25, -0.2) is 24.1 Å². The van der Waals surface area contributed by atoms with E-state index < -0.39 is 30.1 Å². The molecule has 2 saturated heterocycles. The maximum Gasteiger partial charge on any atom is 0.345 e. The molecular formula is C55H63Cl2FN6O13S. The topological polar surface area (TPSA) is 197 Å². The van der Waals surface area contributed by atoms with Gasteiger partial charge in [-0.1, -0.05) is 35.3 Å². The summed E-state index contributed by atoms with van der Waals surface area (Å²) in [7, 11) is 2.09. The maximum atomic E-state index is 14.4. The third kappa shape index (κ3) is 15.0. The summed E-state index contributed by atoms with van der Waals surface area (Å²) in [6.07, 6.45) is 0.137. The number of carboxylic acid groups (broad SMARTS) is 1. The van der Waals surface area contributed by atoms with E-state index in [1.54, 1.807) is 42.6 Å². The number of ether oxygens (including phenoxy) is 11. The van der Waals surface area contributed by atoms with Gasteiger partial charge in [-0.3, -0.25) is 4.90 Å². The Morgan fingerprint density at radius 3 is 2.15 bits per heavy atom. The van der Waals surface area contributed by atoms with Crippen LogP contribution in [-0.4, -0.2) is 185 Å². The van der Waals surface area contributed by atoms with E-state index in [-0.39, 0.29) is 54.8 Å². The second-order valence-corrected chi connectivity index (χ2v) is 20.5. The number of thiophene rings is 1. The molecule has 4 aliphatic heterocycles. The Labute approximate surface area is 465 Å². The van der Waals surface area contributed by atoms with Gasteiger partial charge in [-0.2, -0.15) is 4.98 Å². The molecule has 0 amide bonds. The van der Waals surface area contributed by atoms with E-state index in [0.29, 0.717) is 144 Å². The van der Waals surface area contributed by atoms with Gasteiger partial charge in [0.05, 0.1) is 93.8 Å². The highest BCUT2D eigenvalue weighted by Crippen LogP contribution is 2.53. The van der Waals surface area contributed by atoms with Gasteiger partial charge < -0.3 is 62.1 Å². The lowest BCUT2D eigenvalue weighted by atomic mass is 9.92. The van der Waals surface area contributed by atoms with Crippen LogP contribution in [-0.2, 0) is 46.2 Å². The number of benzene rings is 3. The Kier molecular flexibility index (Phi) is 20.5. The summed E-state index contributed by atoms with van der Waals surface area (Å²) < 4.78 is 81.1. The number of aromatic nitrogens is 4. The molecule has 2 fully saturated rings. The van der Waals surface area contributed by atoms with E-state index in [4.69, 9.17) is 75.3 Å². The van der Waals surface area contributed by atoms with Gasteiger partial charge in [0.1, 0.15) is 60.5 Å². The molecule has 10 rings (SSSR count). The van der Waals surface area contributed by atoms with E-state index in [2.05, 4.69) is 36.8 Å². The molecule has 3 aromatic heterocycles. The predicted octanol–water partition coefficient (Wildman–Crippen LogP) is 7.78. The average Bonchev–Trinajstić information content (AvgIpc) is 4.01. The molecule has 0 aliphatic carbocycles. The lowest BCUT2D eigenvalue weighted by Gasteiger charge is -2.35. The summed E-state index contributed by atoms with van der Waals surface area (Å²) in [6, 6.07) is 13.1. The van der Waals surface area contributed by atoms with Crippen LogP contribution >= 0.6 is 34.5 Å². The molecule has 23 heteroatoms. The molecular weight excluding hydrogens is 1070 g/mol. The van der Waals surface area contributed by atoms with Gasteiger partial charge in [0.15, 0.2) is 5.75 Å². The monoisotopic (exact) mass is 1140 g/mol. The largest absolute Gasteiger partial charge is 0.490 e. The molecule has 4 aliphatic rings. The highest BCUT2D eigenvalue weighted by atomic mass is 35.5. The molecule has 78 heavy (non-hydrogen) atoms. The van der Waals surface area contributed by atoms with Gasteiger partial charge in [-0.05, 0) is 79.5 Å². The zero-order valence-corrected chi connectivity index (χ0v) is 46.0. The van der Waals surface area contributed by atoms with E-state index in [1.165, 1.54) is 29.8 Å². The second-order valence-electron chi connectivity index (χ2n) is 18.8. The lowest BCUT2D eigenvalue weighted by Crippen LogP contribution is -2.49. The Morgan fingerprint density at radius 2 is 1.46 bits per heavy atom. The molecule has 418 valence electrons. The van der Waals surface area contributed by atoms with Crippen molar-refractivity contribution < 1.29 is 66.4 Å². The van der Waals surface area contributed by atoms with Crippen molar-refractivity contribution in [3.8, 4) is 50.7 Å². The molecule has 4 bridgehead atoms. The summed E-state index contributed by atoms with van der Waals surface area (Å²) in [4.78, 5) is 37.3. The van der Waals surface area contributed by atoms with Crippen molar-refractivity contribution >= 4 is 50.7 Å². The quantitative estimate of drug-likeness (QED) is 0.139. The summed E-state index contributed by atoms with van der Waals surface area (Å²) in [5.74, 6) is -0.605. The fourth-order valence-electron chi connectivity index (χ4n) is 9.07. The van der Waals surface area contributed by atoms with Crippen LogP contribution in [0.1, 0.15) is 22.4 Å². The zero-order chi connectivity index (χ0) is 54.4. The molecule has 1 unspecified atom stereocenters. The molecule has 6 aromatic rings. The molecule has 0 radical (unpaired) electrons. The number of rotatable bonds is 10. The fourth-order valence-corrected chi connectivity index (χ4v) is 10.7. The molecule has 0 spiro atoms. The van der Waals surface area contributed by atoms with Crippen LogP contribution in [0.2, 0.25) is 10.0 Å². The van der Waals surface area contributed by atoms with Crippen LogP contribution in [0.3, 0.4) is 0 Å². The van der Waals surface area contributed by atoms with E-state index in [1.807, 2.05) is 13.8 Å². The highest BCUT2D eigenvalue weighted by Gasteiger charge is 2.32. The minimum atomic E-state index is -1.51. The zero-order valence-electron chi connectivity index (χ0n) is 43.7. The minimum Gasteiger partial charge on any atom is -0.490 e. The number of carboxylic acids is 1. The van der Waals surface area contributed by atoms with Gasteiger partial charge >= 0.3 is 12.0 Å². The molecule has 0 saturated carbocycles. The third-order valence-corrected chi connectivity index (χ3v) is 15.3. The Hall–Kier alpha value is -5.56. The first-order chi connectivity index (χ1) is 38.0. The van der Waals surface area contributed by atoms with Crippen molar-refractivity contribution in [2.24, 2.45) is 0 Å². The lowest BCUT2D eigenvalue weighted by molar-refractivity contribution is -0.145. The van der Waals surface area contributed by atoms with E-state index in [0.717, 1.165) is 26.2 Å². The van der Waals surface area contributed by atoms with Crippen LogP contribution in [0.25, 0.3) is 31.8 Å². The van der Waals surface area contributed by atoms with Crippen molar-refractivity contribution in [1.29, 1.82) is 0 Å². The molecule has 3 aromatic carbocycles. The normalized spacial score (nSPS) is 20.1. The number of fused-ring (bicyclic) bond motifs is 7. The van der Waals surface area contributed by atoms with E-state index in [9.17, 15) is 14.3 Å². The number of carbonyl (C=O) groups is 1. The van der Waals surface area contributed by atoms with Gasteiger partial charge in [-0.15, -0.1) is 11.3 Å². The first-order valence-electron chi connectivity index (χ1n) is 25.8. The number of hydrogen-bond acceptors (Lipinski definition) is 19. The van der Waals surface area contributed by atoms with Crippen LogP contribution in [0.5, 0.6) is 29.1 Å². The first-order valence-corrected chi connectivity index (χ1v) is 27.4. The third-order valence-electron chi connectivity index (χ3n) is 13.2. The first kappa shape index (κ1) is 57.1. The molecule has 3 atom stereocenters. The van der Waals surface area contributed by atoms with Crippen LogP contribution in [0.4, 0.5) is 4.39 Å². The summed E-state index contributed by atoms with van der Waals surface area (Å²) in [6.45, 7) is 12.0. The summed E-state index contributed by atoms with van der Waals surface area (Å²) >= 11 is 16.0. The standard InChI is InChI=1S/C55H63Cl2FN6O13S/c1-34-45-35(2)49(57)50(48(34)56)76-41(28-64-14-12-63(3)13-15-64)31-73-40-8-9-43(37(26-40)27-44(54(65)66)77-52-47-46(45)51(78-53(47)61-33-60-52)36-4-6-38(58)7-5-36)74-29-39-10-11-59-55(62-39)75-32-42-30-71-23-22-69-19-18-67-16-17-68-20-21-70-24-25-72-42/h4-11,26,33,41-42,44H,12-25,27-32H2,1-3H3,(H,65,66)/t41-,42?,44-/m1/s1. The summed E-state index contributed by atoms with van der Waals surface area (Å²) in [5.41, 5.74) is 4.12. The van der Waals surface area contributed by atoms with Crippen molar-refractivity contribution in [3.63, 3.8) is 0 Å². The van der Waals surface area contributed by atoms with Crippen molar-refractivity contribution in [3.05, 3.63) is 99.3 Å². The Morgan fingerprint density at radius 1 is 0.782 bits per heavy atom. The Bertz CT molecular complexity index is 2910. The van der Waals surface area contributed by atoms with Gasteiger partial charge in [0, 0.05) is 61.3 Å². The molecule has 19 nitrogen and oxygen atoms in total. The number of hydrogen-bond donors (Lipinski definition) is 1. The number of piperazine rings is 1. The predicted molar refractivity (Wildman–Crippen MR) is 289 cm³/mol. The SMILES string of the molecule is Cc1c(Cl)c2c(Cl)c(C)c1-c1c(-c3ccc(F)cc3)sc3ncnc(c13)O[C@@H](C(=O)O)Cc1cc(ccc1OCc1ccnc(OCC3COCCOCCOCCOCCOCCO3)n1)OC[C@@H](CN1CCN(C)CC1)O2. The molecule has 1 N–H and O–H groups in total. The molecule has 7 heterocycles. The van der Waals surface area contributed by atoms with E-state index >= 15 is 0 Å². The Balaban J connectivity index is 1.01. The highest BCUT2D eigenvalue weighted by molar-refractivity contribution is 7.22. The van der Waals surface area contributed by atoms with Crippen molar-refractivity contribution in [1.82, 2.24) is 29.7 Å². The van der Waals surface area contributed by atoms with Crippen LogP contribution in [0, 0.1) is 19.7 Å². The van der Waals surface area contributed by atoms with Crippen molar-refractivity contribution in [2.75, 3.05) is 126 Å². The van der Waals surface area contributed by atoms with Crippen molar-refractivity contribution in [2.45, 2.75) is 45.2 Å². The number of likely N-dealkylation sites (N-methyl/N-ethyl adjacent to an activating group) is 1. The average molecular weight is 1140 g/mol. The van der Waals surface area contributed by atoms with Gasteiger partial charge in [0.25, 0.3) is 0 Å². The second kappa shape index (κ2) is 28.0. The smallest absolute Gasteiger partial charge is 0.345 e. The number of aliphatic carboxylic acids is 1. The van der Waals surface area contributed by atoms with Crippen LogP contribution < -0.4 is 23.7 Å². The van der Waals surface area contributed by atoms with Gasteiger partial charge in [0.2, 0.25) is 12.0 Å². The fraction of sp³-hybridized carbons (Fsp3) is 0.473.